The molecule has 4 N–H and O–H groups in total. The van der Waals surface area contributed by atoms with Crippen LogP contribution in [0.15, 0.2) is 12.1 Å². The summed E-state index contributed by atoms with van der Waals surface area (Å²) in [4.78, 5) is 13.2. The zero-order valence-corrected chi connectivity index (χ0v) is 10.7. The number of halogens is 1. The summed E-state index contributed by atoms with van der Waals surface area (Å²) in [5.41, 5.74) is 11.4. The number of nitrogen functional groups attached to an aromatic ring is 1. The van der Waals surface area contributed by atoms with E-state index >= 15 is 0 Å². The summed E-state index contributed by atoms with van der Waals surface area (Å²) in [6.07, 6.45) is 1.99. The number of anilines is 2. The molecule has 1 aromatic carbocycles. The molecule has 18 heavy (non-hydrogen) atoms. The first-order valence-electron chi connectivity index (χ1n) is 5.99. The molecule has 0 saturated carbocycles. The lowest BCUT2D eigenvalue weighted by molar-refractivity contribution is 0.100. The predicted molar refractivity (Wildman–Crippen MR) is 70.0 cm³/mol. The van der Waals surface area contributed by atoms with Crippen molar-refractivity contribution in [1.29, 1.82) is 0 Å². The van der Waals surface area contributed by atoms with Gasteiger partial charge >= 0.3 is 0 Å². The van der Waals surface area contributed by atoms with Crippen LogP contribution in [-0.4, -0.2) is 18.0 Å². The maximum absolute atomic E-state index is 14.0. The van der Waals surface area contributed by atoms with Crippen LogP contribution < -0.4 is 16.4 Å². The molecule has 0 aliphatic carbocycles. The van der Waals surface area contributed by atoms with Gasteiger partial charge in [-0.1, -0.05) is 0 Å². The number of primary amides is 1. The van der Waals surface area contributed by atoms with Gasteiger partial charge in [-0.15, -0.1) is 0 Å². The molecule has 1 heterocycles. The van der Waals surface area contributed by atoms with E-state index in [1.165, 1.54) is 12.1 Å². The lowest BCUT2D eigenvalue weighted by Crippen LogP contribution is -2.38. The van der Waals surface area contributed by atoms with Crippen molar-refractivity contribution in [1.82, 2.24) is 0 Å². The van der Waals surface area contributed by atoms with E-state index in [4.69, 9.17) is 11.5 Å². The van der Waals surface area contributed by atoms with Crippen molar-refractivity contribution < 1.29 is 9.18 Å². The molecule has 0 atom stereocenters. The van der Waals surface area contributed by atoms with E-state index in [0.717, 1.165) is 19.4 Å². The van der Waals surface area contributed by atoms with Crippen molar-refractivity contribution in [3.8, 4) is 0 Å². The zero-order valence-electron chi connectivity index (χ0n) is 10.7. The summed E-state index contributed by atoms with van der Waals surface area (Å²) in [6, 6.07) is 2.63. The van der Waals surface area contributed by atoms with Crippen LogP contribution in [0, 0.1) is 5.82 Å². The molecule has 5 heteroatoms. The van der Waals surface area contributed by atoms with Crippen LogP contribution in [0.4, 0.5) is 15.8 Å². The Hall–Kier alpha value is -1.78. The number of carbonyl (C=O) groups is 1. The molecule has 2 rings (SSSR count). The van der Waals surface area contributed by atoms with E-state index in [9.17, 15) is 9.18 Å². The normalized spacial score (nSPS) is 18.1. The smallest absolute Gasteiger partial charge is 0.250 e. The average molecular weight is 251 g/mol. The van der Waals surface area contributed by atoms with Crippen molar-refractivity contribution in [2.75, 3.05) is 17.2 Å². The van der Waals surface area contributed by atoms with Gasteiger partial charge in [-0.25, -0.2) is 4.39 Å². The highest BCUT2D eigenvalue weighted by molar-refractivity contribution is 5.99. The number of nitrogens with zero attached hydrogens (tertiary/aromatic N) is 1. The van der Waals surface area contributed by atoms with E-state index in [1.807, 2.05) is 4.90 Å². The first-order valence-corrected chi connectivity index (χ1v) is 5.99. The first kappa shape index (κ1) is 12.7. The SMILES string of the molecule is CC1(C)CCCN1c1cc(C(N)=O)c(N)cc1F. The number of nitrogens with two attached hydrogens (primary N) is 2. The van der Waals surface area contributed by atoms with E-state index in [-0.39, 0.29) is 16.8 Å². The quantitative estimate of drug-likeness (QED) is 0.788. The minimum absolute atomic E-state index is 0.0840. The molecule has 0 radical (unpaired) electrons. The molecule has 0 unspecified atom stereocenters. The second-order valence-corrected chi connectivity index (χ2v) is 5.32. The zero-order chi connectivity index (χ0) is 13.5. The maximum Gasteiger partial charge on any atom is 0.250 e. The highest BCUT2D eigenvalue weighted by Gasteiger charge is 2.34. The predicted octanol–water partition coefficient (Wildman–Crippen LogP) is 1.89. The van der Waals surface area contributed by atoms with Gasteiger partial charge in [0.05, 0.1) is 11.3 Å². The molecular weight excluding hydrogens is 233 g/mol. The van der Waals surface area contributed by atoms with Crippen LogP contribution in [0.25, 0.3) is 0 Å². The van der Waals surface area contributed by atoms with Gasteiger partial charge in [0.15, 0.2) is 0 Å². The first-order chi connectivity index (χ1) is 8.33. The lowest BCUT2D eigenvalue weighted by atomic mass is 10.0. The Kier molecular flexibility index (Phi) is 2.92. The minimum atomic E-state index is -0.634. The Bertz CT molecular complexity index is 499. The maximum atomic E-state index is 14.0. The molecule has 1 amide bonds. The molecule has 0 aromatic heterocycles. The van der Waals surface area contributed by atoms with Gasteiger partial charge < -0.3 is 16.4 Å². The Morgan fingerprint density at radius 3 is 2.61 bits per heavy atom. The molecule has 98 valence electrons. The largest absolute Gasteiger partial charge is 0.398 e. The van der Waals surface area contributed by atoms with Crippen molar-refractivity contribution >= 4 is 17.3 Å². The molecule has 1 aliphatic heterocycles. The molecule has 0 spiro atoms. The van der Waals surface area contributed by atoms with Crippen LogP contribution in [0.2, 0.25) is 0 Å². The van der Waals surface area contributed by atoms with Crippen LogP contribution >= 0.6 is 0 Å². The minimum Gasteiger partial charge on any atom is -0.398 e. The summed E-state index contributed by atoms with van der Waals surface area (Å²) < 4.78 is 14.0. The van der Waals surface area contributed by atoms with E-state index in [1.54, 1.807) is 0 Å². The van der Waals surface area contributed by atoms with Gasteiger partial charge in [-0.05, 0) is 38.8 Å². The molecule has 1 saturated heterocycles. The molecule has 1 aromatic rings. The number of rotatable bonds is 2. The molecule has 1 fully saturated rings. The summed E-state index contributed by atoms with van der Waals surface area (Å²) >= 11 is 0. The fourth-order valence-electron chi connectivity index (χ4n) is 2.55. The van der Waals surface area contributed by atoms with E-state index in [0.29, 0.717) is 5.69 Å². The monoisotopic (exact) mass is 251 g/mol. The Balaban J connectivity index is 2.51. The van der Waals surface area contributed by atoms with Gasteiger partial charge in [0.2, 0.25) is 0 Å². The molecule has 4 nitrogen and oxygen atoms in total. The van der Waals surface area contributed by atoms with E-state index in [2.05, 4.69) is 13.8 Å². The fraction of sp³-hybridized carbons (Fsp3) is 0.462. The van der Waals surface area contributed by atoms with Crippen LogP contribution in [0.5, 0.6) is 0 Å². The Morgan fingerprint density at radius 1 is 1.44 bits per heavy atom. The topological polar surface area (TPSA) is 72.3 Å². The summed E-state index contributed by atoms with van der Waals surface area (Å²) in [7, 11) is 0. The van der Waals surface area contributed by atoms with Crippen LogP contribution in [0.3, 0.4) is 0 Å². The average Bonchev–Trinajstić information content (AvgIpc) is 2.58. The Labute approximate surface area is 106 Å². The third kappa shape index (κ3) is 2.00. The number of hydrogen-bond acceptors (Lipinski definition) is 3. The molecule has 0 bridgehead atoms. The van der Waals surface area contributed by atoms with Gasteiger partial charge in [0.25, 0.3) is 5.91 Å². The summed E-state index contributed by atoms with van der Waals surface area (Å²) in [6.45, 7) is 4.88. The summed E-state index contributed by atoms with van der Waals surface area (Å²) in [5, 5.41) is 0. The van der Waals surface area contributed by atoms with Crippen molar-refractivity contribution in [2.45, 2.75) is 32.2 Å². The van der Waals surface area contributed by atoms with Gasteiger partial charge in [0, 0.05) is 17.8 Å². The number of benzene rings is 1. The standard InChI is InChI=1S/C13H18FN3O/c1-13(2)4-3-5-17(13)11-6-8(12(16)18)10(15)7-9(11)14/h6-7H,3-5,15H2,1-2H3,(H2,16,18). The van der Waals surface area contributed by atoms with Crippen LogP contribution in [0.1, 0.15) is 37.0 Å². The molecular formula is C13H18FN3O. The molecule has 1 aliphatic rings. The highest BCUT2D eigenvalue weighted by atomic mass is 19.1. The number of carbonyl (C=O) groups excluding carboxylic acids is 1. The van der Waals surface area contributed by atoms with Crippen molar-refractivity contribution in [2.24, 2.45) is 5.73 Å². The fourth-order valence-corrected chi connectivity index (χ4v) is 2.55. The number of hydrogen-bond donors (Lipinski definition) is 2. The van der Waals surface area contributed by atoms with Crippen molar-refractivity contribution in [3.05, 3.63) is 23.5 Å². The number of amides is 1. The second-order valence-electron chi connectivity index (χ2n) is 5.32. The van der Waals surface area contributed by atoms with Gasteiger partial charge in [-0.3, -0.25) is 4.79 Å². The summed E-state index contributed by atoms with van der Waals surface area (Å²) in [5.74, 6) is -1.04. The third-order valence-corrected chi connectivity index (χ3v) is 3.58. The van der Waals surface area contributed by atoms with Gasteiger partial charge in [-0.2, -0.15) is 0 Å². The third-order valence-electron chi connectivity index (χ3n) is 3.58. The van der Waals surface area contributed by atoms with E-state index < -0.39 is 11.7 Å². The lowest BCUT2D eigenvalue weighted by Gasteiger charge is -2.34. The van der Waals surface area contributed by atoms with Gasteiger partial charge in [0.1, 0.15) is 5.82 Å². The van der Waals surface area contributed by atoms with Crippen molar-refractivity contribution in [3.63, 3.8) is 0 Å². The Morgan fingerprint density at radius 2 is 2.11 bits per heavy atom. The van der Waals surface area contributed by atoms with Crippen LogP contribution in [-0.2, 0) is 0 Å². The highest BCUT2D eigenvalue weighted by Crippen LogP contribution is 2.36. The second kappa shape index (κ2) is 4.15.